The number of hydrogen-bond acceptors (Lipinski definition) is 10. The van der Waals surface area contributed by atoms with Gasteiger partial charge in [-0.15, -0.1) is 0 Å². The van der Waals surface area contributed by atoms with Gasteiger partial charge >= 0.3 is 12.2 Å². The zero-order valence-corrected chi connectivity index (χ0v) is 30.7. The summed E-state index contributed by atoms with van der Waals surface area (Å²) in [5.74, 6) is -0.541. The van der Waals surface area contributed by atoms with Gasteiger partial charge in [-0.05, 0) is 109 Å². The van der Waals surface area contributed by atoms with Crippen molar-refractivity contribution in [1.82, 2.24) is 24.8 Å². The average Bonchev–Trinajstić information content (AvgIpc) is 3.06. The third-order valence-electron chi connectivity index (χ3n) is 8.05. The van der Waals surface area contributed by atoms with Gasteiger partial charge in [0.25, 0.3) is 5.91 Å². The molecule has 0 bridgehead atoms. The maximum absolute atomic E-state index is 14.2. The van der Waals surface area contributed by atoms with E-state index in [2.05, 4.69) is 26.8 Å². The molecule has 0 aliphatic carbocycles. The average molecular weight is 696 g/mol. The van der Waals surface area contributed by atoms with Crippen LogP contribution < -0.4 is 9.80 Å². The van der Waals surface area contributed by atoms with Crippen LogP contribution in [0.25, 0.3) is 11.3 Å². The van der Waals surface area contributed by atoms with Crippen LogP contribution >= 0.6 is 0 Å². The Labute approximate surface area is 300 Å². The number of hydrogen-bond donors (Lipinski definition) is 0. The predicted molar refractivity (Wildman–Crippen MR) is 197 cm³/mol. The number of nitrogens with zero attached hydrogens (tertiary/aromatic N) is 7. The Morgan fingerprint density at radius 3 is 2.14 bits per heavy atom. The quantitative estimate of drug-likeness (QED) is 0.195. The van der Waals surface area contributed by atoms with Crippen LogP contribution in [-0.4, -0.2) is 87.3 Å². The van der Waals surface area contributed by atoms with Crippen molar-refractivity contribution in [3.05, 3.63) is 95.9 Å². The second kappa shape index (κ2) is 15.4. The van der Waals surface area contributed by atoms with E-state index >= 15 is 0 Å². The van der Waals surface area contributed by atoms with Crippen LogP contribution in [-0.2, 0) is 16.0 Å². The number of carbonyl (C=O) groups excluding carboxylic acids is 3. The number of rotatable bonds is 7. The van der Waals surface area contributed by atoms with E-state index < -0.39 is 29.3 Å². The fourth-order valence-corrected chi connectivity index (χ4v) is 5.46. The van der Waals surface area contributed by atoms with Crippen LogP contribution in [0, 0.1) is 6.92 Å². The fraction of sp³-hybridized carbons (Fsp3) is 0.385. The molecule has 4 aromatic rings. The van der Waals surface area contributed by atoms with Gasteiger partial charge in [-0.25, -0.2) is 29.4 Å². The molecule has 12 nitrogen and oxygen atoms in total. The van der Waals surface area contributed by atoms with E-state index in [1.54, 1.807) is 110 Å². The van der Waals surface area contributed by atoms with E-state index in [1.165, 1.54) is 4.90 Å². The summed E-state index contributed by atoms with van der Waals surface area (Å²) >= 11 is 0. The van der Waals surface area contributed by atoms with Crippen molar-refractivity contribution in [3.63, 3.8) is 0 Å². The van der Waals surface area contributed by atoms with Crippen molar-refractivity contribution in [2.45, 2.75) is 66.2 Å². The Balaban J connectivity index is 1.55. The Kier molecular flexibility index (Phi) is 11.2. The Bertz CT molecular complexity index is 1840. The molecular weight excluding hydrogens is 648 g/mol. The highest BCUT2D eigenvalue weighted by molar-refractivity contribution is 6.19. The molecule has 1 saturated heterocycles. The van der Waals surface area contributed by atoms with Crippen LogP contribution in [0.3, 0.4) is 0 Å². The van der Waals surface area contributed by atoms with Crippen molar-refractivity contribution in [1.29, 1.82) is 0 Å². The minimum atomic E-state index is -0.890. The molecule has 3 amide bonds. The number of benzene rings is 2. The molecule has 51 heavy (non-hydrogen) atoms. The first-order valence-electron chi connectivity index (χ1n) is 17.0. The number of piperazine rings is 1. The van der Waals surface area contributed by atoms with E-state index in [4.69, 9.17) is 14.5 Å². The van der Waals surface area contributed by atoms with E-state index in [-0.39, 0.29) is 11.6 Å². The minimum Gasteiger partial charge on any atom is -0.443 e. The Hall–Kier alpha value is -5.20. The number of aromatic nitrogens is 3. The standard InChI is InChI=1S/C39H47N7O5/c1-27-11-16-31(24-33(27)46(37(49)51-39(5,6)7)35-41-19-17-32(42-35)30-10-9-18-40-25-30)45(36(48)50-38(2,3)4)34(47)29-14-12-28(13-15-29)26-44-22-20-43(8)21-23-44/h9-19,24-25H,20-23,26H2,1-8H3/i25+2. The molecule has 0 N–H and O–H groups in total. The molecule has 268 valence electrons. The topological polar surface area (TPSA) is 121 Å². The van der Waals surface area contributed by atoms with Gasteiger partial charge < -0.3 is 14.4 Å². The smallest absolute Gasteiger partial charge is 0.422 e. The summed E-state index contributed by atoms with van der Waals surface area (Å²) in [6.07, 6.45) is 3.28. The lowest BCUT2D eigenvalue weighted by atomic mass is 10.1. The molecule has 2 aromatic carbocycles. The second-order valence-electron chi connectivity index (χ2n) is 14.7. The number of likely N-dealkylation sites (N-methyl/N-ethyl adjacent to an activating group) is 1. The molecule has 0 saturated carbocycles. The van der Waals surface area contributed by atoms with Crippen molar-refractivity contribution in [3.8, 4) is 11.3 Å². The number of ether oxygens (including phenoxy) is 2. The molecule has 12 heteroatoms. The van der Waals surface area contributed by atoms with Crippen molar-refractivity contribution in [2.75, 3.05) is 43.0 Å². The fourth-order valence-electron chi connectivity index (χ4n) is 5.46. The van der Waals surface area contributed by atoms with E-state index in [9.17, 15) is 14.4 Å². The summed E-state index contributed by atoms with van der Waals surface area (Å²) in [7, 11) is 2.12. The predicted octanol–water partition coefficient (Wildman–Crippen LogP) is 7.25. The monoisotopic (exact) mass is 695 g/mol. The lowest BCUT2D eigenvalue weighted by Gasteiger charge is -2.32. The number of anilines is 3. The molecule has 0 unspecified atom stereocenters. The first-order valence-corrected chi connectivity index (χ1v) is 17.0. The van der Waals surface area contributed by atoms with Gasteiger partial charge in [-0.3, -0.25) is 14.7 Å². The first-order chi connectivity index (χ1) is 24.1. The minimum absolute atomic E-state index is 0.0388. The van der Waals surface area contributed by atoms with Gasteiger partial charge in [-0.1, -0.05) is 18.2 Å². The molecule has 3 heterocycles. The Morgan fingerprint density at radius 1 is 0.843 bits per heavy atom. The van der Waals surface area contributed by atoms with Gasteiger partial charge in [0.1, 0.15) is 11.2 Å². The van der Waals surface area contributed by atoms with Crippen molar-refractivity contribution >= 4 is 35.4 Å². The van der Waals surface area contributed by atoms with Crippen LogP contribution in [0.1, 0.15) is 63.0 Å². The van der Waals surface area contributed by atoms with Crippen LogP contribution in [0.4, 0.5) is 26.9 Å². The molecule has 1 aliphatic rings. The maximum Gasteiger partial charge on any atom is 0.422 e. The first kappa shape index (κ1) is 37.1. The van der Waals surface area contributed by atoms with Crippen LogP contribution in [0.15, 0.2) is 79.3 Å². The van der Waals surface area contributed by atoms with Gasteiger partial charge in [-0.2, -0.15) is 0 Å². The van der Waals surface area contributed by atoms with E-state index in [1.807, 2.05) is 18.2 Å². The molecule has 0 spiro atoms. The third kappa shape index (κ3) is 9.74. The van der Waals surface area contributed by atoms with Crippen LogP contribution in [0.5, 0.6) is 0 Å². The molecule has 1 aliphatic heterocycles. The van der Waals surface area contributed by atoms with Gasteiger partial charge in [0, 0.05) is 62.4 Å². The van der Waals surface area contributed by atoms with E-state index in [0.717, 1.165) is 48.8 Å². The summed E-state index contributed by atoms with van der Waals surface area (Å²) in [5.41, 5.74) is 2.05. The summed E-state index contributed by atoms with van der Waals surface area (Å²) < 4.78 is 11.6. The number of imide groups is 1. The largest absolute Gasteiger partial charge is 0.443 e. The third-order valence-corrected chi connectivity index (χ3v) is 8.05. The number of amides is 3. The number of pyridine rings is 1. The van der Waals surface area contributed by atoms with E-state index in [0.29, 0.717) is 22.5 Å². The highest BCUT2D eigenvalue weighted by atomic mass is 16.6. The lowest BCUT2D eigenvalue weighted by Crippen LogP contribution is -2.43. The highest BCUT2D eigenvalue weighted by Crippen LogP contribution is 2.34. The molecule has 1 fully saturated rings. The normalized spacial score (nSPS) is 14.1. The lowest BCUT2D eigenvalue weighted by molar-refractivity contribution is 0.0560. The summed E-state index contributed by atoms with van der Waals surface area (Å²) in [6.45, 7) is 17.0. The zero-order chi connectivity index (χ0) is 36.9. The molecular formula is C39H47N7O5. The molecule has 0 radical (unpaired) electrons. The summed E-state index contributed by atoms with van der Waals surface area (Å²) in [4.78, 5) is 62.3. The Morgan fingerprint density at radius 2 is 1.51 bits per heavy atom. The number of carbonyl (C=O) groups is 3. The van der Waals surface area contributed by atoms with Crippen molar-refractivity contribution in [2.24, 2.45) is 0 Å². The second-order valence-corrected chi connectivity index (χ2v) is 14.7. The van der Waals surface area contributed by atoms with Crippen LogP contribution in [0.2, 0.25) is 0 Å². The highest BCUT2D eigenvalue weighted by Gasteiger charge is 2.33. The van der Waals surface area contributed by atoms with Gasteiger partial charge in [0.15, 0.2) is 0 Å². The molecule has 5 rings (SSSR count). The zero-order valence-electron chi connectivity index (χ0n) is 30.7. The summed E-state index contributed by atoms with van der Waals surface area (Å²) in [6, 6.07) is 17.6. The van der Waals surface area contributed by atoms with Gasteiger partial charge in [0.2, 0.25) is 5.95 Å². The summed E-state index contributed by atoms with van der Waals surface area (Å²) in [5, 5.41) is 0. The van der Waals surface area contributed by atoms with Crippen molar-refractivity contribution < 1.29 is 23.9 Å². The van der Waals surface area contributed by atoms with Gasteiger partial charge in [0.05, 0.1) is 17.1 Å². The molecule has 2 aromatic heterocycles. The molecule has 0 atom stereocenters. The SMILES string of the molecule is Cc1ccc(N(C(=O)OC(C)(C)C)C(=O)c2ccc(CN3CCN(C)CC3)cc2)cc1N(C(=O)OC(C)(C)C)c1nccc(-c2cccn[14cH]2)n1. The number of aryl methyl sites for hydroxylation is 1. The maximum atomic E-state index is 14.2.